The Hall–Kier alpha value is -0.420. The first kappa shape index (κ1) is 15.6. The molecule has 0 spiro atoms. The van der Waals surface area contributed by atoms with Gasteiger partial charge in [-0.1, -0.05) is 0 Å². The smallest absolute Gasteiger partial charge is 0.365 e. The largest absolute Gasteiger partial charge is 0.477 e. The maximum absolute atomic E-state index is 11.2. The van der Waals surface area contributed by atoms with Crippen molar-refractivity contribution >= 4 is 18.0 Å². The lowest BCUT2D eigenvalue weighted by atomic mass is 9.93. The summed E-state index contributed by atoms with van der Waals surface area (Å²) in [5.74, 6) is -3.66. The van der Waals surface area contributed by atoms with Gasteiger partial charge in [0.25, 0.3) is 5.79 Å². The Bertz CT molecular complexity index is 300. The average Bonchev–Trinajstić information content (AvgIpc) is 2.32. The third-order valence-corrected chi connectivity index (χ3v) is 3.08. The molecule has 0 aromatic rings. The summed E-state index contributed by atoms with van der Waals surface area (Å²) in [6.45, 7) is -0.747. The predicted molar refractivity (Wildman–Crippen MR) is 59.6 cm³/mol. The van der Waals surface area contributed by atoms with Gasteiger partial charge in [0.15, 0.2) is 0 Å². The van der Waals surface area contributed by atoms with Gasteiger partial charge in [-0.05, 0) is 12.0 Å². The Labute approximate surface area is 107 Å². The highest BCUT2D eigenvalue weighted by molar-refractivity contribution is 7.94. The van der Waals surface area contributed by atoms with E-state index in [2.05, 4.69) is 0 Å². The molecule has 0 bridgehead atoms. The molecular formula is C9H16O8S. The van der Waals surface area contributed by atoms with Crippen molar-refractivity contribution in [1.82, 2.24) is 0 Å². The molecule has 1 saturated heterocycles. The summed E-state index contributed by atoms with van der Waals surface area (Å²) >= 11 is 0.717. The normalized spacial score (nSPS) is 38.4. The molecule has 8 nitrogen and oxygen atoms in total. The van der Waals surface area contributed by atoms with Gasteiger partial charge >= 0.3 is 5.97 Å². The van der Waals surface area contributed by atoms with Crippen LogP contribution in [-0.2, 0) is 13.7 Å². The van der Waals surface area contributed by atoms with Crippen molar-refractivity contribution in [3.8, 4) is 0 Å². The van der Waals surface area contributed by atoms with Gasteiger partial charge in [0.05, 0.1) is 12.7 Å². The topological polar surface area (TPSA) is 137 Å². The van der Waals surface area contributed by atoms with Gasteiger partial charge in [0, 0.05) is 12.7 Å². The molecule has 5 atom stereocenters. The SMILES string of the molecule is CSO[C@@]1(C(=O)O)C[C@@H](O)[C@@H](O)[C@@H]([C@H](O)CO)O1. The van der Waals surface area contributed by atoms with Crippen LogP contribution in [0.3, 0.4) is 0 Å². The molecule has 0 amide bonds. The number of ether oxygens (including phenoxy) is 1. The second kappa shape index (κ2) is 6.15. The molecule has 0 saturated carbocycles. The van der Waals surface area contributed by atoms with Crippen LogP contribution in [0.5, 0.6) is 0 Å². The molecule has 0 aromatic carbocycles. The Morgan fingerprint density at radius 3 is 2.67 bits per heavy atom. The fourth-order valence-corrected chi connectivity index (χ4v) is 2.17. The van der Waals surface area contributed by atoms with Crippen LogP contribution >= 0.6 is 12.0 Å². The van der Waals surface area contributed by atoms with Crippen LogP contribution in [-0.4, -0.2) is 74.6 Å². The quantitative estimate of drug-likeness (QED) is 0.360. The second-order valence-electron chi connectivity index (χ2n) is 3.90. The average molecular weight is 284 g/mol. The summed E-state index contributed by atoms with van der Waals surface area (Å²) < 4.78 is 9.96. The van der Waals surface area contributed by atoms with Crippen LogP contribution < -0.4 is 0 Å². The number of aliphatic hydroxyl groups excluding tert-OH is 4. The highest BCUT2D eigenvalue weighted by Gasteiger charge is 2.54. The van der Waals surface area contributed by atoms with E-state index in [-0.39, 0.29) is 0 Å². The number of rotatable bonds is 5. The number of carboxylic acid groups (broad SMARTS) is 1. The lowest BCUT2D eigenvalue weighted by Crippen LogP contribution is -2.62. The minimum absolute atomic E-state index is 0.487. The summed E-state index contributed by atoms with van der Waals surface area (Å²) in [4.78, 5) is 11.2. The van der Waals surface area contributed by atoms with Gasteiger partial charge in [-0.2, -0.15) is 0 Å². The van der Waals surface area contributed by atoms with Crippen LogP contribution in [0.15, 0.2) is 0 Å². The Morgan fingerprint density at radius 2 is 2.22 bits per heavy atom. The summed E-state index contributed by atoms with van der Waals surface area (Å²) in [7, 11) is 0. The van der Waals surface area contributed by atoms with E-state index in [1.807, 2.05) is 0 Å². The molecule has 1 aliphatic heterocycles. The maximum atomic E-state index is 11.2. The molecule has 5 N–H and O–H groups in total. The second-order valence-corrected chi connectivity index (χ2v) is 4.40. The summed E-state index contributed by atoms with van der Waals surface area (Å²) in [5, 5.41) is 46.6. The van der Waals surface area contributed by atoms with Crippen LogP contribution in [0.4, 0.5) is 0 Å². The number of carbonyl (C=O) groups is 1. The molecule has 0 aliphatic carbocycles. The van der Waals surface area contributed by atoms with Gasteiger partial charge in [-0.3, -0.25) is 4.18 Å². The standard InChI is InChI=1S/C9H16O8S/c1-18-17-9(8(14)15)2-4(11)6(13)7(16-9)5(12)3-10/h4-7,10-13H,2-3H2,1H3,(H,14,15)/t4-,5-,6-,7-,9-/m1/s1. The van der Waals surface area contributed by atoms with E-state index in [4.69, 9.17) is 19.1 Å². The first-order chi connectivity index (χ1) is 8.38. The third-order valence-electron chi connectivity index (χ3n) is 2.65. The predicted octanol–water partition coefficient (Wildman–Crippen LogP) is -2.07. The molecule has 106 valence electrons. The first-order valence-electron chi connectivity index (χ1n) is 5.16. The van der Waals surface area contributed by atoms with Crippen molar-refractivity contribution in [3.05, 3.63) is 0 Å². The fourth-order valence-electron chi connectivity index (χ4n) is 1.72. The zero-order chi connectivity index (χ0) is 13.9. The van der Waals surface area contributed by atoms with Gasteiger partial charge < -0.3 is 30.3 Å². The van der Waals surface area contributed by atoms with Crippen molar-refractivity contribution < 1.29 is 39.2 Å². The summed E-state index contributed by atoms with van der Waals surface area (Å²) in [6.07, 6.45) is -4.97. The summed E-state index contributed by atoms with van der Waals surface area (Å²) in [5.41, 5.74) is 0. The molecular weight excluding hydrogens is 268 g/mol. The zero-order valence-corrected chi connectivity index (χ0v) is 10.4. The van der Waals surface area contributed by atoms with Crippen molar-refractivity contribution in [2.75, 3.05) is 12.9 Å². The number of hydrogen-bond acceptors (Lipinski definition) is 8. The van der Waals surface area contributed by atoms with E-state index >= 15 is 0 Å². The van der Waals surface area contributed by atoms with E-state index in [1.54, 1.807) is 0 Å². The van der Waals surface area contributed by atoms with Crippen LogP contribution in [0.25, 0.3) is 0 Å². The molecule has 18 heavy (non-hydrogen) atoms. The highest BCUT2D eigenvalue weighted by Crippen LogP contribution is 2.34. The number of aliphatic hydroxyl groups is 4. The molecule has 1 aliphatic rings. The third kappa shape index (κ3) is 2.94. The molecule has 1 rings (SSSR count). The van der Waals surface area contributed by atoms with E-state index in [0.717, 1.165) is 12.0 Å². The monoisotopic (exact) mass is 284 g/mol. The molecule has 0 unspecified atom stereocenters. The zero-order valence-electron chi connectivity index (χ0n) is 9.59. The van der Waals surface area contributed by atoms with Crippen LogP contribution in [0.1, 0.15) is 6.42 Å². The van der Waals surface area contributed by atoms with Crippen molar-refractivity contribution in [2.24, 2.45) is 0 Å². The van der Waals surface area contributed by atoms with Gasteiger partial charge in [-0.15, -0.1) is 0 Å². The van der Waals surface area contributed by atoms with E-state index < -0.39 is 49.2 Å². The van der Waals surface area contributed by atoms with Crippen molar-refractivity contribution in [3.63, 3.8) is 0 Å². The number of carboxylic acids is 1. The Balaban J connectivity index is 2.98. The molecule has 0 radical (unpaired) electrons. The Kier molecular flexibility index (Phi) is 5.34. The van der Waals surface area contributed by atoms with Crippen molar-refractivity contribution in [2.45, 2.75) is 36.6 Å². The van der Waals surface area contributed by atoms with Gasteiger partial charge in [0.1, 0.15) is 18.3 Å². The summed E-state index contributed by atoms with van der Waals surface area (Å²) in [6, 6.07) is 0. The van der Waals surface area contributed by atoms with E-state index in [1.165, 1.54) is 6.26 Å². The molecule has 1 heterocycles. The van der Waals surface area contributed by atoms with Gasteiger partial charge in [0.2, 0.25) is 0 Å². The minimum Gasteiger partial charge on any atom is -0.477 e. The maximum Gasteiger partial charge on any atom is 0.365 e. The lowest BCUT2D eigenvalue weighted by Gasteiger charge is -2.43. The van der Waals surface area contributed by atoms with E-state index in [9.17, 15) is 20.1 Å². The number of aliphatic carboxylic acids is 1. The minimum atomic E-state index is -2.17. The molecule has 9 heteroatoms. The Morgan fingerprint density at radius 1 is 1.61 bits per heavy atom. The molecule has 1 fully saturated rings. The lowest BCUT2D eigenvalue weighted by molar-refractivity contribution is -0.295. The van der Waals surface area contributed by atoms with E-state index in [0.29, 0.717) is 0 Å². The van der Waals surface area contributed by atoms with Crippen LogP contribution in [0, 0.1) is 0 Å². The number of hydrogen-bond donors (Lipinski definition) is 5. The van der Waals surface area contributed by atoms with Crippen LogP contribution in [0.2, 0.25) is 0 Å². The highest BCUT2D eigenvalue weighted by atomic mass is 32.2. The van der Waals surface area contributed by atoms with Gasteiger partial charge in [-0.25, -0.2) is 4.79 Å². The van der Waals surface area contributed by atoms with Crippen molar-refractivity contribution in [1.29, 1.82) is 0 Å². The first-order valence-corrected chi connectivity index (χ1v) is 6.31. The fraction of sp³-hybridized carbons (Fsp3) is 0.889. The molecule has 0 aromatic heterocycles.